The van der Waals surface area contributed by atoms with Crippen molar-refractivity contribution in [1.82, 2.24) is 20.1 Å². The van der Waals surface area contributed by atoms with Gasteiger partial charge in [0.2, 0.25) is 22.6 Å². The molecule has 0 aliphatic carbocycles. The second-order valence-electron chi connectivity index (χ2n) is 10.6. The van der Waals surface area contributed by atoms with Crippen LogP contribution in [0.3, 0.4) is 0 Å². The zero-order valence-electron chi connectivity index (χ0n) is 24.9. The molecule has 1 N–H and O–H groups in total. The summed E-state index contributed by atoms with van der Waals surface area (Å²) in [5.74, 6) is 1.67. The number of allylic oxidation sites excluding steroid dienone is 5. The van der Waals surface area contributed by atoms with Gasteiger partial charge in [0, 0.05) is 36.2 Å². The molecule has 0 fully saturated rings. The van der Waals surface area contributed by atoms with Crippen LogP contribution in [-0.4, -0.2) is 56.3 Å². The van der Waals surface area contributed by atoms with Gasteiger partial charge >= 0.3 is 7.40 Å². The van der Waals surface area contributed by atoms with E-state index in [4.69, 9.17) is 0 Å². The van der Waals surface area contributed by atoms with Crippen molar-refractivity contribution in [3.63, 3.8) is 0 Å². The second kappa shape index (κ2) is 17.5. The maximum Gasteiger partial charge on any atom is 0.677 e. The Bertz CT molecular complexity index is 1410. The van der Waals surface area contributed by atoms with Gasteiger partial charge < -0.3 is 15.0 Å². The molecule has 5 rings (SSSR count). The fourth-order valence-electron chi connectivity index (χ4n) is 3.44. The first-order valence-corrected chi connectivity index (χ1v) is 13.5. The molecular weight excluding hydrogens is 537 g/mol. The molecule has 0 saturated carbocycles. The van der Waals surface area contributed by atoms with Crippen molar-refractivity contribution in [3.05, 3.63) is 95.4 Å². The first-order valence-electron chi connectivity index (χ1n) is 13.5. The van der Waals surface area contributed by atoms with Gasteiger partial charge in [0.15, 0.2) is 0 Å². The Hall–Kier alpha value is -4.28. The van der Waals surface area contributed by atoms with Crippen LogP contribution < -0.4 is 0 Å². The van der Waals surface area contributed by atoms with Crippen molar-refractivity contribution in [2.45, 2.75) is 55.4 Å². The maximum atomic E-state index is 13.0. The van der Waals surface area contributed by atoms with E-state index in [1.165, 1.54) is 6.20 Å². The Balaban J connectivity index is 0.000000354. The zero-order chi connectivity index (χ0) is 30.5. The lowest BCUT2D eigenvalue weighted by atomic mass is 10.1. The Morgan fingerprint density at radius 2 is 1.76 bits per heavy atom. The summed E-state index contributed by atoms with van der Waals surface area (Å²) in [4.78, 5) is 4.12. The van der Waals surface area contributed by atoms with Gasteiger partial charge in [-0.1, -0.05) is 67.2 Å². The van der Waals surface area contributed by atoms with Gasteiger partial charge in [-0.2, -0.15) is 9.31 Å². The molecule has 0 unspecified atom stereocenters. The molecule has 2 aliphatic heterocycles. The molecular formula is C31H44BF2N6O2+. The topological polar surface area (TPSA) is 87.0 Å². The highest BCUT2D eigenvalue weighted by Crippen LogP contribution is 2.22. The predicted octanol–water partition coefficient (Wildman–Crippen LogP) is 7.95. The van der Waals surface area contributed by atoms with Crippen molar-refractivity contribution in [2.75, 3.05) is 7.05 Å². The van der Waals surface area contributed by atoms with Crippen LogP contribution in [0.25, 0.3) is 11.0 Å². The average Bonchev–Trinajstić information content (AvgIpc) is 3.66. The molecule has 2 aromatic heterocycles. The first-order chi connectivity index (χ1) is 19.4. The molecule has 2 aliphatic rings. The maximum absolute atomic E-state index is 13.0. The number of aromatic amines is 1. The number of hydrogen-bond acceptors (Lipinski definition) is 5. The van der Waals surface area contributed by atoms with Crippen molar-refractivity contribution in [2.24, 2.45) is 11.8 Å². The largest absolute Gasteiger partial charge is 0.677 e. The summed E-state index contributed by atoms with van der Waals surface area (Å²) in [6, 6.07) is 8.91. The van der Waals surface area contributed by atoms with E-state index in [9.17, 15) is 13.8 Å². The Labute approximate surface area is 248 Å². The number of hydrogen-bond donors (Lipinski definition) is 1. The molecule has 1 aromatic carbocycles. The van der Waals surface area contributed by atoms with Crippen LogP contribution in [0.2, 0.25) is 0 Å². The standard InChI is InChI=1S/C15H14BF2N3.C7H5N3O2.2C4H10.CH4/c1-20-12(7-8-15(20)14-6-4-9-19-14)11-13-5-2-3-10-21(13)16(17)18;1-10(11)6-4-2-3-5-7(6)9-12-8-5;2*1-4(2)3;/h3-11H,2H2,1H3;2-4H,1H2;2*4H,1-3H3;1H4/p+1/b12-11-;;;;. The third-order valence-electron chi connectivity index (χ3n) is 5.10. The smallest absolute Gasteiger partial charge is 0.619 e. The number of benzene rings is 1. The molecule has 0 radical (unpaired) electrons. The third kappa shape index (κ3) is 10.9. The lowest BCUT2D eigenvalue weighted by Gasteiger charge is -2.20. The molecule has 0 spiro atoms. The number of fused-ring (bicyclic) bond motifs is 1. The van der Waals surface area contributed by atoms with E-state index in [0.29, 0.717) is 33.6 Å². The highest BCUT2D eigenvalue weighted by atomic mass is 19.2. The van der Waals surface area contributed by atoms with Crippen LogP contribution in [0.4, 0.5) is 14.3 Å². The van der Waals surface area contributed by atoms with E-state index in [-0.39, 0.29) is 7.43 Å². The van der Waals surface area contributed by atoms with Gasteiger partial charge in [0.05, 0.1) is 0 Å². The first kappa shape index (κ1) is 35.8. The normalized spacial score (nSPS) is 14.5. The minimum absolute atomic E-state index is 0. The summed E-state index contributed by atoms with van der Waals surface area (Å²) < 4.78 is 32.9. The summed E-state index contributed by atoms with van der Waals surface area (Å²) in [5, 5.41) is 18.0. The summed E-state index contributed by atoms with van der Waals surface area (Å²) in [6.07, 6.45) is 13.2. The monoisotopic (exact) mass is 581 g/mol. The third-order valence-corrected chi connectivity index (χ3v) is 5.10. The summed E-state index contributed by atoms with van der Waals surface area (Å²) in [7, 11) is -0.610. The van der Waals surface area contributed by atoms with Crippen LogP contribution in [0.15, 0.2) is 89.1 Å². The number of aromatic nitrogens is 3. The summed E-state index contributed by atoms with van der Waals surface area (Å²) >= 11 is 0. The molecule has 4 heterocycles. The molecule has 226 valence electrons. The van der Waals surface area contributed by atoms with Crippen LogP contribution in [0, 0.1) is 17.0 Å². The molecule has 11 heteroatoms. The minimum atomic E-state index is -2.54. The number of halogens is 2. The number of rotatable bonds is 4. The Morgan fingerprint density at radius 1 is 1.10 bits per heavy atom. The lowest BCUT2D eigenvalue weighted by molar-refractivity contribution is -0.433. The molecule has 0 atom stereocenters. The van der Waals surface area contributed by atoms with E-state index < -0.39 is 7.40 Å². The summed E-state index contributed by atoms with van der Waals surface area (Å²) in [6.45, 7) is 16.2. The SMILES string of the molecule is C.C=[N+]([O-])c1cccc2nonc12.CC(C)C.CC(C)C.C[N+]1=C(c2ccc[nH]2)C=C/C1=C/C1=CCC=CN1B(F)F. The Kier molecular flexibility index (Phi) is 14.9. The van der Waals surface area contributed by atoms with Crippen LogP contribution >= 0.6 is 0 Å². The quantitative estimate of drug-likeness (QED) is 0.111. The second-order valence-corrected chi connectivity index (χ2v) is 10.6. The van der Waals surface area contributed by atoms with Gasteiger partial charge in [-0.15, -0.1) is 0 Å². The van der Waals surface area contributed by atoms with Crippen molar-refractivity contribution in [3.8, 4) is 0 Å². The number of nitrogens with one attached hydrogen (secondary N) is 1. The fraction of sp³-hybridized carbons (Fsp3) is 0.355. The molecule has 0 saturated heterocycles. The number of likely N-dealkylation sites (N-methyl/N-ethyl adjacent to an activating group) is 1. The van der Waals surface area contributed by atoms with Gasteiger partial charge in [-0.05, 0) is 53.0 Å². The van der Waals surface area contributed by atoms with Crippen LogP contribution in [0.1, 0.15) is 61.1 Å². The number of nitrogens with zero attached hydrogens (tertiary/aromatic N) is 5. The van der Waals surface area contributed by atoms with E-state index in [1.54, 1.807) is 36.4 Å². The highest BCUT2D eigenvalue weighted by molar-refractivity contribution is 6.40. The van der Waals surface area contributed by atoms with E-state index in [1.807, 2.05) is 42.1 Å². The van der Waals surface area contributed by atoms with Gasteiger partial charge in [-0.3, -0.25) is 8.63 Å². The minimum Gasteiger partial charge on any atom is -0.619 e. The van der Waals surface area contributed by atoms with Crippen molar-refractivity contribution >= 4 is 36.6 Å². The van der Waals surface area contributed by atoms with Crippen molar-refractivity contribution in [1.29, 1.82) is 0 Å². The molecule has 0 amide bonds. The van der Waals surface area contributed by atoms with E-state index >= 15 is 0 Å². The van der Waals surface area contributed by atoms with Crippen LogP contribution in [0.5, 0.6) is 0 Å². The predicted molar refractivity (Wildman–Crippen MR) is 170 cm³/mol. The molecule has 0 bridgehead atoms. The highest BCUT2D eigenvalue weighted by Gasteiger charge is 2.28. The van der Waals surface area contributed by atoms with E-state index in [2.05, 4.69) is 68.2 Å². The van der Waals surface area contributed by atoms with Crippen LogP contribution in [-0.2, 0) is 0 Å². The fourth-order valence-corrected chi connectivity index (χ4v) is 3.44. The molecule has 42 heavy (non-hydrogen) atoms. The van der Waals surface area contributed by atoms with Crippen molar-refractivity contribution < 1.29 is 22.6 Å². The summed E-state index contributed by atoms with van der Waals surface area (Å²) in [5.41, 5.74) is 4.76. The zero-order valence-corrected chi connectivity index (χ0v) is 24.9. The number of H-pyrrole nitrogens is 1. The molecule has 3 aromatic rings. The van der Waals surface area contributed by atoms with Gasteiger partial charge in [-0.25, -0.2) is 4.63 Å². The Morgan fingerprint density at radius 3 is 2.33 bits per heavy atom. The lowest BCUT2D eigenvalue weighted by Crippen LogP contribution is -2.27. The molecule has 8 nitrogen and oxygen atoms in total. The van der Waals surface area contributed by atoms with Gasteiger partial charge in [0.25, 0.3) is 0 Å². The van der Waals surface area contributed by atoms with E-state index in [0.717, 1.165) is 33.7 Å². The van der Waals surface area contributed by atoms with Gasteiger partial charge in [0.1, 0.15) is 25.0 Å². The average molecular weight is 582 g/mol.